The Morgan fingerprint density at radius 1 is 0.939 bits per heavy atom. The first-order chi connectivity index (χ1) is 16.0. The summed E-state index contributed by atoms with van der Waals surface area (Å²) in [7, 11) is 0. The Bertz CT molecular complexity index is 1000. The van der Waals surface area contributed by atoms with Gasteiger partial charge in [0.05, 0.1) is 0 Å². The molecular weight excluding hydrogens is 422 g/mol. The molecule has 2 aliphatic rings. The summed E-state index contributed by atoms with van der Waals surface area (Å²) in [5, 5.41) is 14.6. The van der Waals surface area contributed by atoms with Crippen molar-refractivity contribution >= 4 is 29.5 Å². The lowest BCUT2D eigenvalue weighted by molar-refractivity contribution is -0.138. The molecule has 0 radical (unpaired) electrons. The molecule has 174 valence electrons. The van der Waals surface area contributed by atoms with Gasteiger partial charge >= 0.3 is 18.1 Å². The topological polar surface area (TPSA) is 108 Å². The zero-order valence-corrected chi connectivity index (χ0v) is 18.5. The fraction of sp³-hybridized carbons (Fsp3) is 0.400. The number of rotatable bonds is 5. The van der Waals surface area contributed by atoms with Crippen LogP contribution >= 0.6 is 0 Å². The molecule has 1 aliphatic carbocycles. The summed E-state index contributed by atoms with van der Waals surface area (Å²) in [6.45, 7) is 1.03. The van der Waals surface area contributed by atoms with Crippen molar-refractivity contribution in [3.8, 4) is 0 Å². The molecular formula is C25H29N3O5. The molecule has 0 bridgehead atoms. The Hall–Kier alpha value is -3.55. The van der Waals surface area contributed by atoms with Gasteiger partial charge in [-0.3, -0.25) is 4.79 Å². The van der Waals surface area contributed by atoms with Gasteiger partial charge < -0.3 is 25.4 Å². The van der Waals surface area contributed by atoms with Crippen molar-refractivity contribution in [1.29, 1.82) is 0 Å². The zero-order chi connectivity index (χ0) is 23.2. The highest BCUT2D eigenvalue weighted by atomic mass is 16.6. The molecule has 3 amide bonds. The van der Waals surface area contributed by atoms with E-state index >= 15 is 0 Å². The normalized spacial score (nSPS) is 19.8. The monoisotopic (exact) mass is 451 g/mol. The SMILES string of the molecule is O=C(O)CC1CCC(OC(=O)N2CCc3cc(NC(=O)Nc4ccccc4)ccc3C2)CC1. The van der Waals surface area contributed by atoms with Gasteiger partial charge in [-0.2, -0.15) is 0 Å². The van der Waals surface area contributed by atoms with Crippen molar-refractivity contribution in [3.05, 3.63) is 59.7 Å². The Balaban J connectivity index is 1.27. The second-order valence-corrected chi connectivity index (χ2v) is 8.72. The van der Waals surface area contributed by atoms with E-state index in [1.807, 2.05) is 48.5 Å². The number of nitrogens with zero attached hydrogens (tertiary/aromatic N) is 1. The van der Waals surface area contributed by atoms with Crippen molar-refractivity contribution in [2.24, 2.45) is 5.92 Å². The molecule has 3 N–H and O–H groups in total. The standard InChI is InChI=1S/C25H29N3O5/c29-23(30)14-17-6-10-22(11-7-17)33-25(32)28-13-12-18-15-21(9-8-19(18)16-28)27-24(31)26-20-4-2-1-3-5-20/h1-5,8-9,15,17,22H,6-7,10-14,16H2,(H,29,30)(H2,26,27,31). The molecule has 0 saturated heterocycles. The number of hydrogen-bond acceptors (Lipinski definition) is 4. The molecule has 0 aromatic heterocycles. The van der Waals surface area contributed by atoms with Crippen LogP contribution in [0.15, 0.2) is 48.5 Å². The molecule has 2 aromatic rings. The van der Waals surface area contributed by atoms with Gasteiger partial charge in [-0.05, 0) is 73.4 Å². The third-order valence-corrected chi connectivity index (χ3v) is 6.29. The number of urea groups is 1. The lowest BCUT2D eigenvalue weighted by atomic mass is 9.85. The van der Waals surface area contributed by atoms with Crippen molar-refractivity contribution in [2.45, 2.75) is 51.2 Å². The Labute approximate surface area is 192 Å². The van der Waals surface area contributed by atoms with Crippen LogP contribution in [0.1, 0.15) is 43.2 Å². The molecule has 0 spiro atoms. The van der Waals surface area contributed by atoms with E-state index in [1.54, 1.807) is 4.90 Å². The summed E-state index contributed by atoms with van der Waals surface area (Å²) < 4.78 is 5.71. The Morgan fingerprint density at radius 3 is 2.39 bits per heavy atom. The summed E-state index contributed by atoms with van der Waals surface area (Å²) in [5.74, 6) is -0.588. The number of ether oxygens (including phenoxy) is 1. The van der Waals surface area contributed by atoms with Crippen LogP contribution in [0.2, 0.25) is 0 Å². The predicted octanol–water partition coefficient (Wildman–Crippen LogP) is 4.86. The van der Waals surface area contributed by atoms with E-state index in [0.717, 1.165) is 29.7 Å². The minimum atomic E-state index is -0.766. The van der Waals surface area contributed by atoms with E-state index < -0.39 is 5.97 Å². The molecule has 33 heavy (non-hydrogen) atoms. The van der Waals surface area contributed by atoms with E-state index in [4.69, 9.17) is 9.84 Å². The maximum atomic E-state index is 12.7. The second-order valence-electron chi connectivity index (χ2n) is 8.72. The van der Waals surface area contributed by atoms with Gasteiger partial charge in [0.1, 0.15) is 6.10 Å². The van der Waals surface area contributed by atoms with E-state index in [0.29, 0.717) is 38.0 Å². The maximum absolute atomic E-state index is 12.7. The van der Waals surface area contributed by atoms with Crippen LogP contribution in [0.4, 0.5) is 21.0 Å². The highest BCUT2D eigenvalue weighted by molar-refractivity contribution is 5.99. The fourth-order valence-electron chi connectivity index (χ4n) is 4.52. The van der Waals surface area contributed by atoms with Gasteiger partial charge in [0.25, 0.3) is 0 Å². The second kappa shape index (κ2) is 10.4. The van der Waals surface area contributed by atoms with Crippen LogP contribution in [0.25, 0.3) is 0 Å². The number of amides is 3. The van der Waals surface area contributed by atoms with E-state index in [9.17, 15) is 14.4 Å². The molecule has 2 aromatic carbocycles. The summed E-state index contributed by atoms with van der Waals surface area (Å²) >= 11 is 0. The van der Waals surface area contributed by atoms with Crippen molar-refractivity contribution in [1.82, 2.24) is 4.90 Å². The largest absolute Gasteiger partial charge is 0.481 e. The number of anilines is 2. The van der Waals surface area contributed by atoms with Crippen LogP contribution in [0.3, 0.4) is 0 Å². The van der Waals surface area contributed by atoms with Gasteiger partial charge in [-0.1, -0.05) is 24.3 Å². The van der Waals surface area contributed by atoms with Crippen LogP contribution in [0, 0.1) is 5.92 Å². The number of benzene rings is 2. The maximum Gasteiger partial charge on any atom is 0.410 e. The van der Waals surface area contributed by atoms with Crippen LogP contribution in [-0.2, 0) is 22.5 Å². The molecule has 1 saturated carbocycles. The molecule has 1 fully saturated rings. The smallest absolute Gasteiger partial charge is 0.410 e. The number of para-hydroxylation sites is 1. The molecule has 1 heterocycles. The number of carbonyl (C=O) groups excluding carboxylic acids is 2. The lowest BCUT2D eigenvalue weighted by Crippen LogP contribution is -2.39. The van der Waals surface area contributed by atoms with Gasteiger partial charge in [-0.25, -0.2) is 9.59 Å². The average Bonchev–Trinajstić information content (AvgIpc) is 2.80. The minimum Gasteiger partial charge on any atom is -0.481 e. The molecule has 4 rings (SSSR count). The molecule has 0 unspecified atom stereocenters. The van der Waals surface area contributed by atoms with Crippen LogP contribution in [-0.4, -0.2) is 40.7 Å². The number of fused-ring (bicyclic) bond motifs is 1. The molecule has 8 heteroatoms. The quantitative estimate of drug-likeness (QED) is 0.602. The summed E-state index contributed by atoms with van der Waals surface area (Å²) in [5.41, 5.74) is 3.57. The zero-order valence-electron chi connectivity index (χ0n) is 18.5. The molecule has 0 atom stereocenters. The first-order valence-electron chi connectivity index (χ1n) is 11.4. The average molecular weight is 452 g/mol. The summed E-state index contributed by atoms with van der Waals surface area (Å²) in [6, 6.07) is 14.7. The number of hydrogen-bond donors (Lipinski definition) is 3. The number of aliphatic carboxylic acids is 1. The Kier molecular flexibility index (Phi) is 7.12. The third-order valence-electron chi connectivity index (χ3n) is 6.29. The number of carboxylic acids is 1. The number of carboxylic acid groups (broad SMARTS) is 1. The predicted molar refractivity (Wildman–Crippen MR) is 124 cm³/mol. The van der Waals surface area contributed by atoms with Gasteiger partial charge in [0, 0.05) is 30.9 Å². The minimum absolute atomic E-state index is 0.140. The van der Waals surface area contributed by atoms with E-state index in [2.05, 4.69) is 10.6 Å². The molecule has 8 nitrogen and oxygen atoms in total. The van der Waals surface area contributed by atoms with Crippen molar-refractivity contribution in [3.63, 3.8) is 0 Å². The van der Waals surface area contributed by atoms with Crippen LogP contribution in [0.5, 0.6) is 0 Å². The first-order valence-corrected chi connectivity index (χ1v) is 11.4. The summed E-state index contributed by atoms with van der Waals surface area (Å²) in [4.78, 5) is 37.5. The van der Waals surface area contributed by atoms with Crippen LogP contribution < -0.4 is 10.6 Å². The number of nitrogens with one attached hydrogen (secondary N) is 2. The Morgan fingerprint density at radius 2 is 1.67 bits per heavy atom. The summed E-state index contributed by atoms with van der Waals surface area (Å²) in [6.07, 6.45) is 3.41. The van der Waals surface area contributed by atoms with Crippen molar-refractivity contribution in [2.75, 3.05) is 17.2 Å². The van der Waals surface area contributed by atoms with Gasteiger partial charge in [0.2, 0.25) is 0 Å². The lowest BCUT2D eigenvalue weighted by Gasteiger charge is -2.32. The molecule has 1 aliphatic heterocycles. The van der Waals surface area contributed by atoms with Crippen molar-refractivity contribution < 1.29 is 24.2 Å². The third kappa shape index (κ3) is 6.25. The van der Waals surface area contributed by atoms with Gasteiger partial charge in [0.15, 0.2) is 0 Å². The van der Waals surface area contributed by atoms with E-state index in [1.165, 1.54) is 0 Å². The highest BCUT2D eigenvalue weighted by Crippen LogP contribution is 2.30. The van der Waals surface area contributed by atoms with E-state index in [-0.39, 0.29) is 30.6 Å². The van der Waals surface area contributed by atoms with Gasteiger partial charge in [-0.15, -0.1) is 0 Å². The number of carbonyl (C=O) groups is 3. The first kappa shape index (κ1) is 22.6. The highest BCUT2D eigenvalue weighted by Gasteiger charge is 2.28. The fourth-order valence-corrected chi connectivity index (χ4v) is 4.52.